The van der Waals surface area contributed by atoms with Gasteiger partial charge in [0, 0.05) is 0 Å². The van der Waals surface area contributed by atoms with E-state index in [1.165, 1.54) is 0 Å². The highest BCUT2D eigenvalue weighted by Crippen LogP contribution is 2.27. The van der Waals surface area contributed by atoms with Gasteiger partial charge in [-0.25, -0.2) is 4.68 Å². The Hall–Kier alpha value is -1.59. The number of ether oxygens (including phenoxy) is 1. The molecule has 0 saturated heterocycles. The van der Waals surface area contributed by atoms with Crippen LogP contribution in [0, 0.1) is 5.92 Å². The predicted molar refractivity (Wildman–Crippen MR) is 77.4 cm³/mol. The summed E-state index contributed by atoms with van der Waals surface area (Å²) in [6.45, 7) is 4.10. The molecule has 5 nitrogen and oxygen atoms in total. The van der Waals surface area contributed by atoms with Gasteiger partial charge in [-0.1, -0.05) is 30.7 Å². The summed E-state index contributed by atoms with van der Waals surface area (Å²) in [5, 5.41) is 18.0. The Kier molecular flexibility index (Phi) is 4.62. The quantitative estimate of drug-likeness (QED) is 0.921. The lowest BCUT2D eigenvalue weighted by Gasteiger charge is -2.11. The number of nitrogens with zero attached hydrogens (tertiary/aromatic N) is 3. The summed E-state index contributed by atoms with van der Waals surface area (Å²) in [5.74, 6) is 1.05. The first-order valence-electron chi connectivity index (χ1n) is 6.45. The van der Waals surface area contributed by atoms with Crippen molar-refractivity contribution in [1.29, 1.82) is 0 Å². The monoisotopic (exact) mass is 295 g/mol. The maximum Gasteiger partial charge on any atom is 0.137 e. The molecular formula is C14H18ClN3O2. The van der Waals surface area contributed by atoms with Crippen molar-refractivity contribution < 1.29 is 9.84 Å². The van der Waals surface area contributed by atoms with Crippen LogP contribution >= 0.6 is 11.6 Å². The fraction of sp³-hybridized carbons (Fsp3) is 0.429. The van der Waals surface area contributed by atoms with Crippen LogP contribution in [0.1, 0.15) is 25.2 Å². The van der Waals surface area contributed by atoms with Gasteiger partial charge in [-0.05, 0) is 30.5 Å². The molecule has 0 unspecified atom stereocenters. The van der Waals surface area contributed by atoms with E-state index in [0.29, 0.717) is 22.4 Å². The summed E-state index contributed by atoms with van der Waals surface area (Å²) in [4.78, 5) is 0. The highest BCUT2D eigenvalue weighted by molar-refractivity contribution is 6.32. The Balaban J connectivity index is 2.46. The summed E-state index contributed by atoms with van der Waals surface area (Å²) >= 11 is 6.14. The van der Waals surface area contributed by atoms with Crippen LogP contribution < -0.4 is 4.74 Å². The van der Waals surface area contributed by atoms with Gasteiger partial charge in [-0.3, -0.25) is 0 Å². The Bertz CT molecular complexity index is 596. The van der Waals surface area contributed by atoms with Gasteiger partial charge in [0.05, 0.1) is 30.1 Å². The molecule has 0 amide bonds. The molecule has 0 saturated carbocycles. The number of aromatic nitrogens is 3. The normalized spacial score (nSPS) is 11.1. The van der Waals surface area contributed by atoms with E-state index in [4.69, 9.17) is 16.3 Å². The third kappa shape index (κ3) is 2.94. The molecule has 0 fully saturated rings. The van der Waals surface area contributed by atoms with Crippen molar-refractivity contribution in [2.75, 3.05) is 7.11 Å². The van der Waals surface area contributed by atoms with Crippen LogP contribution in [0.3, 0.4) is 0 Å². The topological polar surface area (TPSA) is 60.2 Å². The van der Waals surface area contributed by atoms with E-state index in [0.717, 1.165) is 17.8 Å². The maximum absolute atomic E-state index is 9.37. The van der Waals surface area contributed by atoms with Crippen molar-refractivity contribution in [2.45, 2.75) is 26.9 Å². The highest BCUT2D eigenvalue weighted by atomic mass is 35.5. The minimum Gasteiger partial charge on any atom is -0.495 e. The molecule has 1 aromatic heterocycles. The third-order valence-electron chi connectivity index (χ3n) is 2.97. The molecule has 1 N–H and O–H groups in total. The van der Waals surface area contributed by atoms with E-state index in [-0.39, 0.29) is 6.61 Å². The summed E-state index contributed by atoms with van der Waals surface area (Å²) in [7, 11) is 1.57. The number of hydrogen-bond donors (Lipinski definition) is 1. The van der Waals surface area contributed by atoms with Crippen LogP contribution in [0.2, 0.25) is 5.02 Å². The summed E-state index contributed by atoms with van der Waals surface area (Å²) in [6.07, 6.45) is 0.784. The number of halogens is 1. The molecule has 1 heterocycles. The minimum atomic E-state index is -0.119. The van der Waals surface area contributed by atoms with Gasteiger partial charge < -0.3 is 9.84 Å². The van der Waals surface area contributed by atoms with Crippen LogP contribution in [-0.4, -0.2) is 27.2 Å². The summed E-state index contributed by atoms with van der Waals surface area (Å²) in [6, 6.07) is 5.43. The first-order valence-corrected chi connectivity index (χ1v) is 6.82. The zero-order valence-electron chi connectivity index (χ0n) is 11.8. The number of methoxy groups -OCH3 is 1. The van der Waals surface area contributed by atoms with Gasteiger partial charge in [-0.2, -0.15) is 0 Å². The lowest BCUT2D eigenvalue weighted by atomic mass is 10.1. The minimum absolute atomic E-state index is 0.119. The van der Waals surface area contributed by atoms with E-state index >= 15 is 0 Å². The van der Waals surface area contributed by atoms with Gasteiger partial charge in [0.1, 0.15) is 11.4 Å². The van der Waals surface area contributed by atoms with Gasteiger partial charge in [0.2, 0.25) is 0 Å². The number of aliphatic hydroxyl groups is 1. The second-order valence-electron chi connectivity index (χ2n) is 4.97. The molecule has 6 heteroatoms. The van der Waals surface area contributed by atoms with Crippen molar-refractivity contribution in [3.8, 4) is 11.4 Å². The van der Waals surface area contributed by atoms with Crippen molar-refractivity contribution in [2.24, 2.45) is 5.92 Å². The lowest BCUT2D eigenvalue weighted by Crippen LogP contribution is -2.07. The highest BCUT2D eigenvalue weighted by Gasteiger charge is 2.15. The largest absolute Gasteiger partial charge is 0.495 e. The molecule has 20 heavy (non-hydrogen) atoms. The smallest absolute Gasteiger partial charge is 0.137 e. The molecule has 0 radical (unpaired) electrons. The van der Waals surface area contributed by atoms with Crippen molar-refractivity contribution in [3.05, 3.63) is 34.6 Å². The number of aliphatic hydroxyl groups excluding tert-OH is 1. The average molecular weight is 296 g/mol. The van der Waals surface area contributed by atoms with E-state index < -0.39 is 0 Å². The molecule has 0 bridgehead atoms. The van der Waals surface area contributed by atoms with E-state index in [1.54, 1.807) is 23.9 Å². The van der Waals surface area contributed by atoms with Gasteiger partial charge >= 0.3 is 0 Å². The number of benzene rings is 1. The molecular weight excluding hydrogens is 278 g/mol. The molecule has 108 valence electrons. The van der Waals surface area contributed by atoms with Crippen LogP contribution in [0.15, 0.2) is 18.2 Å². The molecule has 1 aromatic carbocycles. The van der Waals surface area contributed by atoms with Crippen LogP contribution in [0.25, 0.3) is 5.69 Å². The number of rotatable bonds is 5. The standard InChI is InChI=1S/C14H18ClN3O2/c1-9(2)6-13-12(8-19)16-17-18(13)10-4-5-14(20-3)11(15)7-10/h4-5,7,9,19H,6,8H2,1-3H3. The van der Waals surface area contributed by atoms with E-state index in [2.05, 4.69) is 24.2 Å². The van der Waals surface area contributed by atoms with Crippen LogP contribution in [0.4, 0.5) is 0 Å². The fourth-order valence-electron chi connectivity index (χ4n) is 2.04. The zero-order chi connectivity index (χ0) is 14.7. The lowest BCUT2D eigenvalue weighted by molar-refractivity contribution is 0.275. The van der Waals surface area contributed by atoms with Gasteiger partial charge in [0.15, 0.2) is 0 Å². The molecule has 0 aliphatic heterocycles. The summed E-state index contributed by atoms with van der Waals surface area (Å²) < 4.78 is 6.86. The maximum atomic E-state index is 9.37. The van der Waals surface area contributed by atoms with Gasteiger partial charge in [0.25, 0.3) is 0 Å². The van der Waals surface area contributed by atoms with Crippen LogP contribution in [0.5, 0.6) is 5.75 Å². The second kappa shape index (κ2) is 6.24. The first-order chi connectivity index (χ1) is 9.56. The SMILES string of the molecule is COc1ccc(-n2nnc(CO)c2CC(C)C)cc1Cl. The second-order valence-corrected chi connectivity index (χ2v) is 5.38. The molecule has 0 aliphatic rings. The summed E-state index contributed by atoms with van der Waals surface area (Å²) in [5.41, 5.74) is 2.31. The number of hydrogen-bond acceptors (Lipinski definition) is 4. The molecule has 0 atom stereocenters. The Morgan fingerprint density at radius 1 is 1.40 bits per heavy atom. The zero-order valence-corrected chi connectivity index (χ0v) is 12.6. The predicted octanol–water partition coefficient (Wildman–Crippen LogP) is 2.62. The first kappa shape index (κ1) is 14.8. The Morgan fingerprint density at radius 2 is 2.15 bits per heavy atom. The molecule has 2 rings (SSSR count). The fourth-order valence-corrected chi connectivity index (χ4v) is 2.29. The van der Waals surface area contributed by atoms with E-state index in [9.17, 15) is 5.11 Å². The van der Waals surface area contributed by atoms with Crippen molar-refractivity contribution >= 4 is 11.6 Å². The van der Waals surface area contributed by atoms with E-state index in [1.807, 2.05) is 6.07 Å². The molecule has 2 aromatic rings. The van der Waals surface area contributed by atoms with Gasteiger partial charge in [-0.15, -0.1) is 5.10 Å². The van der Waals surface area contributed by atoms with Crippen LogP contribution in [-0.2, 0) is 13.0 Å². The third-order valence-corrected chi connectivity index (χ3v) is 3.27. The molecule has 0 spiro atoms. The molecule has 0 aliphatic carbocycles. The van der Waals surface area contributed by atoms with Crippen molar-refractivity contribution in [3.63, 3.8) is 0 Å². The Labute approximate surface area is 123 Å². The Morgan fingerprint density at radius 3 is 2.70 bits per heavy atom. The van der Waals surface area contributed by atoms with Crippen molar-refractivity contribution in [1.82, 2.24) is 15.0 Å². The average Bonchev–Trinajstić information content (AvgIpc) is 2.80.